The van der Waals surface area contributed by atoms with E-state index >= 15 is 0 Å². The number of amides is 1. The molecular formula is C22H24BrN3O4. The van der Waals surface area contributed by atoms with Crippen LogP contribution in [0.3, 0.4) is 0 Å². The number of halogens is 1. The van der Waals surface area contributed by atoms with E-state index in [0.717, 1.165) is 23.9 Å². The average molecular weight is 474 g/mol. The van der Waals surface area contributed by atoms with E-state index in [0.29, 0.717) is 41.2 Å². The molecule has 7 nitrogen and oxygen atoms in total. The highest BCUT2D eigenvalue weighted by molar-refractivity contribution is 9.10. The van der Waals surface area contributed by atoms with Crippen LogP contribution < -0.4 is 15.2 Å². The number of ether oxygens (including phenoxy) is 2. The number of fused-ring (bicyclic) bond motifs is 1. The summed E-state index contributed by atoms with van der Waals surface area (Å²) >= 11 is 3.48. The lowest BCUT2D eigenvalue weighted by atomic mass is 10.0. The van der Waals surface area contributed by atoms with Gasteiger partial charge in [-0.05, 0) is 60.0 Å². The van der Waals surface area contributed by atoms with Crippen LogP contribution in [-0.2, 0) is 0 Å². The molecule has 4 rings (SSSR count). The summed E-state index contributed by atoms with van der Waals surface area (Å²) in [4.78, 5) is 30.3. The molecule has 3 aromatic rings. The van der Waals surface area contributed by atoms with Gasteiger partial charge in [-0.3, -0.25) is 9.36 Å². The topological polar surface area (TPSA) is 76.6 Å². The predicted molar refractivity (Wildman–Crippen MR) is 119 cm³/mol. The van der Waals surface area contributed by atoms with E-state index in [4.69, 9.17) is 9.47 Å². The minimum absolute atomic E-state index is 0.0539. The van der Waals surface area contributed by atoms with Crippen molar-refractivity contribution in [1.82, 2.24) is 14.5 Å². The van der Waals surface area contributed by atoms with Gasteiger partial charge in [-0.15, -0.1) is 0 Å². The van der Waals surface area contributed by atoms with Crippen LogP contribution in [-0.4, -0.2) is 47.2 Å². The Morgan fingerprint density at radius 2 is 1.97 bits per heavy atom. The Morgan fingerprint density at radius 1 is 1.23 bits per heavy atom. The van der Waals surface area contributed by atoms with Gasteiger partial charge in [0.25, 0.3) is 5.91 Å². The van der Waals surface area contributed by atoms with Crippen molar-refractivity contribution >= 4 is 32.9 Å². The van der Waals surface area contributed by atoms with Gasteiger partial charge in [-0.1, -0.05) is 12.1 Å². The van der Waals surface area contributed by atoms with Crippen molar-refractivity contribution in [2.75, 3.05) is 26.8 Å². The van der Waals surface area contributed by atoms with Crippen molar-refractivity contribution in [3.05, 3.63) is 56.9 Å². The zero-order valence-corrected chi connectivity index (χ0v) is 18.6. The second-order valence-electron chi connectivity index (χ2n) is 7.26. The summed E-state index contributed by atoms with van der Waals surface area (Å²) in [5.41, 5.74) is 2.20. The lowest BCUT2D eigenvalue weighted by molar-refractivity contribution is 0.0694. The van der Waals surface area contributed by atoms with E-state index < -0.39 is 0 Å². The standard InChI is InChI=1S/C22H24BrN3O4/c1-3-30-20-16(23)12-14(13-19(20)29-2)21(27)25-10-8-15(9-11-25)26-18-7-5-4-6-17(18)24-22(26)28/h4-7,12-13,15H,3,8-11H2,1-2H3,(H,24,28). The van der Waals surface area contributed by atoms with E-state index in [1.54, 1.807) is 19.2 Å². The third kappa shape index (κ3) is 3.71. The number of aromatic nitrogens is 2. The average Bonchev–Trinajstić information content (AvgIpc) is 3.10. The van der Waals surface area contributed by atoms with Crippen LogP contribution >= 0.6 is 15.9 Å². The molecule has 1 N–H and O–H groups in total. The molecule has 0 bridgehead atoms. The first-order valence-corrected chi connectivity index (χ1v) is 10.8. The number of piperidine rings is 1. The molecule has 0 atom stereocenters. The van der Waals surface area contributed by atoms with Crippen LogP contribution in [0.5, 0.6) is 11.5 Å². The lowest BCUT2D eigenvalue weighted by Crippen LogP contribution is -2.40. The number of nitrogens with zero attached hydrogens (tertiary/aromatic N) is 2. The van der Waals surface area contributed by atoms with E-state index in [1.165, 1.54) is 0 Å². The number of rotatable bonds is 5. The van der Waals surface area contributed by atoms with Gasteiger partial charge in [0.05, 0.1) is 29.2 Å². The molecule has 1 amide bonds. The van der Waals surface area contributed by atoms with Crippen molar-refractivity contribution in [3.8, 4) is 11.5 Å². The van der Waals surface area contributed by atoms with Gasteiger partial charge in [0.2, 0.25) is 0 Å². The molecule has 1 aromatic heterocycles. The number of imidazole rings is 1. The number of hydrogen-bond donors (Lipinski definition) is 1. The molecule has 0 spiro atoms. The molecule has 0 saturated carbocycles. The highest BCUT2D eigenvalue weighted by Crippen LogP contribution is 2.37. The van der Waals surface area contributed by atoms with Crippen LogP contribution in [0.4, 0.5) is 0 Å². The Morgan fingerprint density at radius 3 is 2.67 bits per heavy atom. The van der Waals surface area contributed by atoms with Gasteiger partial charge in [0.1, 0.15) is 0 Å². The number of hydrogen-bond acceptors (Lipinski definition) is 4. The molecule has 0 unspecified atom stereocenters. The normalized spacial score (nSPS) is 14.8. The van der Waals surface area contributed by atoms with Gasteiger partial charge in [0.15, 0.2) is 11.5 Å². The lowest BCUT2D eigenvalue weighted by Gasteiger charge is -2.32. The molecular weight excluding hydrogens is 450 g/mol. The Balaban J connectivity index is 1.52. The highest BCUT2D eigenvalue weighted by atomic mass is 79.9. The fourth-order valence-corrected chi connectivity index (χ4v) is 4.63. The molecule has 2 heterocycles. The Labute approximate surface area is 182 Å². The summed E-state index contributed by atoms with van der Waals surface area (Å²) in [6.07, 6.45) is 1.45. The molecule has 0 radical (unpaired) electrons. The first-order valence-electron chi connectivity index (χ1n) is 10.0. The zero-order chi connectivity index (χ0) is 21.3. The van der Waals surface area contributed by atoms with E-state index in [9.17, 15) is 9.59 Å². The number of benzene rings is 2. The third-order valence-corrected chi connectivity index (χ3v) is 6.09. The van der Waals surface area contributed by atoms with Gasteiger partial charge in [0, 0.05) is 24.7 Å². The summed E-state index contributed by atoms with van der Waals surface area (Å²) in [5.74, 6) is 1.06. The molecule has 2 aromatic carbocycles. The van der Waals surface area contributed by atoms with Crippen molar-refractivity contribution in [1.29, 1.82) is 0 Å². The third-order valence-electron chi connectivity index (χ3n) is 5.51. The fourth-order valence-electron chi connectivity index (χ4n) is 4.07. The second kappa shape index (κ2) is 8.55. The van der Waals surface area contributed by atoms with Crippen LogP contribution in [0.2, 0.25) is 0 Å². The number of carbonyl (C=O) groups is 1. The summed E-state index contributed by atoms with van der Waals surface area (Å²) in [6, 6.07) is 11.3. The molecule has 1 aliphatic rings. The van der Waals surface area contributed by atoms with Crippen molar-refractivity contribution in [2.24, 2.45) is 0 Å². The molecule has 158 valence electrons. The summed E-state index contributed by atoms with van der Waals surface area (Å²) in [5, 5.41) is 0. The number of aromatic amines is 1. The number of nitrogens with one attached hydrogen (secondary N) is 1. The minimum atomic E-state index is -0.0962. The number of H-pyrrole nitrogens is 1. The Bertz CT molecular complexity index is 1130. The van der Waals surface area contributed by atoms with Gasteiger partial charge in [-0.2, -0.15) is 0 Å². The maximum atomic E-state index is 13.1. The second-order valence-corrected chi connectivity index (χ2v) is 8.12. The first kappa shape index (κ1) is 20.5. The molecule has 0 aliphatic carbocycles. The van der Waals surface area contributed by atoms with Crippen LogP contribution in [0.1, 0.15) is 36.2 Å². The SMILES string of the molecule is CCOc1c(Br)cc(C(=O)N2CCC(n3c(=O)[nH]c4ccccc43)CC2)cc1OC. The quantitative estimate of drug-likeness (QED) is 0.607. The van der Waals surface area contributed by atoms with Crippen LogP contribution in [0.15, 0.2) is 45.7 Å². The number of carbonyl (C=O) groups excluding carboxylic acids is 1. The maximum Gasteiger partial charge on any atom is 0.326 e. The monoisotopic (exact) mass is 473 g/mol. The van der Waals surface area contributed by atoms with Gasteiger partial charge < -0.3 is 19.4 Å². The number of para-hydroxylation sites is 2. The Hall–Kier alpha value is -2.74. The van der Waals surface area contributed by atoms with E-state index in [2.05, 4.69) is 20.9 Å². The largest absolute Gasteiger partial charge is 0.493 e. The van der Waals surface area contributed by atoms with Crippen molar-refractivity contribution in [3.63, 3.8) is 0 Å². The Kier molecular flexibility index (Phi) is 5.85. The molecule has 1 saturated heterocycles. The van der Waals surface area contributed by atoms with Gasteiger partial charge >= 0.3 is 5.69 Å². The minimum Gasteiger partial charge on any atom is -0.493 e. The van der Waals surface area contributed by atoms with E-state index in [1.807, 2.05) is 40.7 Å². The summed E-state index contributed by atoms with van der Waals surface area (Å²) in [6.45, 7) is 3.57. The van der Waals surface area contributed by atoms with Crippen LogP contribution in [0.25, 0.3) is 11.0 Å². The van der Waals surface area contributed by atoms with Crippen molar-refractivity contribution < 1.29 is 14.3 Å². The smallest absolute Gasteiger partial charge is 0.326 e. The number of methoxy groups -OCH3 is 1. The van der Waals surface area contributed by atoms with E-state index in [-0.39, 0.29) is 17.6 Å². The maximum absolute atomic E-state index is 13.1. The highest BCUT2D eigenvalue weighted by Gasteiger charge is 2.27. The first-order chi connectivity index (χ1) is 14.5. The predicted octanol–water partition coefficient (Wildman–Crippen LogP) is 3.98. The molecule has 30 heavy (non-hydrogen) atoms. The molecule has 1 aliphatic heterocycles. The van der Waals surface area contributed by atoms with Crippen LogP contribution in [0, 0.1) is 0 Å². The number of likely N-dealkylation sites (tertiary alicyclic amines) is 1. The zero-order valence-electron chi connectivity index (χ0n) is 17.0. The molecule has 8 heteroatoms. The summed E-state index contributed by atoms with van der Waals surface area (Å²) < 4.78 is 13.5. The van der Waals surface area contributed by atoms with Gasteiger partial charge in [-0.25, -0.2) is 4.79 Å². The molecule has 1 fully saturated rings. The summed E-state index contributed by atoms with van der Waals surface area (Å²) in [7, 11) is 1.56. The fraction of sp³-hybridized carbons (Fsp3) is 0.364. The van der Waals surface area contributed by atoms with Crippen molar-refractivity contribution in [2.45, 2.75) is 25.8 Å².